The molecule has 2 rings (SSSR count). The molecule has 0 saturated carbocycles. The Bertz CT molecular complexity index is 476. The zero-order valence-electron chi connectivity index (χ0n) is 11.8. The highest BCUT2D eigenvalue weighted by atomic mass is 15.1. The quantitative estimate of drug-likeness (QED) is 0.719. The second kappa shape index (κ2) is 6.98. The van der Waals surface area contributed by atoms with Crippen LogP contribution in [0.1, 0.15) is 39.5 Å². The second-order valence-corrected chi connectivity index (χ2v) is 5.09. The van der Waals surface area contributed by atoms with Crippen LogP contribution in [0.4, 0.5) is 5.69 Å². The van der Waals surface area contributed by atoms with Gasteiger partial charge in [0.2, 0.25) is 0 Å². The van der Waals surface area contributed by atoms with Gasteiger partial charge < -0.3 is 5.32 Å². The Kier molecular flexibility index (Phi) is 5.01. The Morgan fingerprint density at radius 1 is 1.26 bits per heavy atom. The first-order valence-corrected chi connectivity index (χ1v) is 7.16. The largest absolute Gasteiger partial charge is 0.383 e. The summed E-state index contributed by atoms with van der Waals surface area (Å²) in [6.07, 6.45) is 6.90. The number of anilines is 1. The van der Waals surface area contributed by atoms with Crippen LogP contribution in [0.2, 0.25) is 0 Å². The average molecular weight is 257 g/mol. The summed E-state index contributed by atoms with van der Waals surface area (Å²) in [5, 5.41) is 10.6. The van der Waals surface area contributed by atoms with E-state index >= 15 is 0 Å². The number of hydrogen-bond donors (Lipinski definition) is 2. The smallest absolute Gasteiger partial charge is 0.0650 e. The third-order valence-corrected chi connectivity index (χ3v) is 3.33. The molecule has 1 aromatic carbocycles. The van der Waals surface area contributed by atoms with Crippen LogP contribution in [0.15, 0.2) is 36.5 Å². The zero-order chi connectivity index (χ0) is 13.5. The number of nitrogens with one attached hydrogen (secondary N) is 2. The predicted octanol–water partition coefficient (Wildman–Crippen LogP) is 4.46. The summed E-state index contributed by atoms with van der Waals surface area (Å²) in [4.78, 5) is 0. The van der Waals surface area contributed by atoms with Crippen LogP contribution in [0.5, 0.6) is 0 Å². The lowest BCUT2D eigenvalue weighted by Crippen LogP contribution is -2.14. The van der Waals surface area contributed by atoms with Gasteiger partial charge in [-0.3, -0.25) is 5.10 Å². The number of H-pyrrole nitrogens is 1. The van der Waals surface area contributed by atoms with Crippen LogP contribution in [-0.4, -0.2) is 16.2 Å². The molecule has 0 aliphatic carbocycles. The van der Waals surface area contributed by atoms with Crippen molar-refractivity contribution in [2.75, 3.05) is 5.32 Å². The standard InChI is InChI=1S/C16H23N3/c1-3-4-5-7-13(2)18-15-9-6-8-14(12-15)16-10-11-17-19-16/h6,8-13,18H,3-5,7H2,1-2H3,(H,17,19). The van der Waals surface area contributed by atoms with Crippen molar-refractivity contribution in [2.24, 2.45) is 0 Å². The summed E-state index contributed by atoms with van der Waals surface area (Å²) in [5.41, 5.74) is 3.40. The van der Waals surface area contributed by atoms with Gasteiger partial charge in [0.05, 0.1) is 5.69 Å². The Balaban J connectivity index is 1.95. The molecule has 1 unspecified atom stereocenters. The second-order valence-electron chi connectivity index (χ2n) is 5.09. The fourth-order valence-electron chi connectivity index (χ4n) is 2.25. The molecule has 1 heterocycles. The number of benzene rings is 1. The summed E-state index contributed by atoms with van der Waals surface area (Å²) in [6, 6.07) is 11.0. The minimum Gasteiger partial charge on any atom is -0.383 e. The number of unbranched alkanes of at least 4 members (excludes halogenated alkanes) is 2. The van der Waals surface area contributed by atoms with Crippen molar-refractivity contribution < 1.29 is 0 Å². The van der Waals surface area contributed by atoms with E-state index in [0.717, 1.165) is 5.69 Å². The van der Waals surface area contributed by atoms with Gasteiger partial charge in [-0.15, -0.1) is 0 Å². The lowest BCUT2D eigenvalue weighted by atomic mass is 10.1. The first-order valence-electron chi connectivity index (χ1n) is 7.16. The van der Waals surface area contributed by atoms with Gasteiger partial charge in [0.15, 0.2) is 0 Å². The topological polar surface area (TPSA) is 40.7 Å². The molecule has 0 aliphatic rings. The van der Waals surface area contributed by atoms with E-state index in [9.17, 15) is 0 Å². The molecule has 0 spiro atoms. The minimum absolute atomic E-state index is 0.517. The maximum atomic E-state index is 3.99. The van der Waals surface area contributed by atoms with Crippen LogP contribution in [0.25, 0.3) is 11.3 Å². The van der Waals surface area contributed by atoms with E-state index in [-0.39, 0.29) is 0 Å². The molecule has 3 nitrogen and oxygen atoms in total. The maximum Gasteiger partial charge on any atom is 0.0650 e. The van der Waals surface area contributed by atoms with Crippen molar-refractivity contribution >= 4 is 5.69 Å². The Morgan fingerprint density at radius 2 is 2.16 bits per heavy atom. The van der Waals surface area contributed by atoms with Crippen molar-refractivity contribution in [3.05, 3.63) is 36.5 Å². The van der Waals surface area contributed by atoms with Crippen molar-refractivity contribution in [1.29, 1.82) is 0 Å². The van der Waals surface area contributed by atoms with Crippen molar-refractivity contribution in [1.82, 2.24) is 10.2 Å². The molecular formula is C16H23N3. The van der Waals surface area contributed by atoms with Gasteiger partial charge in [-0.25, -0.2) is 0 Å². The lowest BCUT2D eigenvalue weighted by Gasteiger charge is -2.15. The summed E-state index contributed by atoms with van der Waals surface area (Å²) in [7, 11) is 0. The highest BCUT2D eigenvalue weighted by Crippen LogP contribution is 2.21. The van der Waals surface area contributed by atoms with E-state index in [2.05, 4.69) is 53.6 Å². The number of rotatable bonds is 7. The normalized spacial score (nSPS) is 12.3. The molecular weight excluding hydrogens is 234 g/mol. The monoisotopic (exact) mass is 257 g/mol. The van der Waals surface area contributed by atoms with Gasteiger partial charge in [-0.1, -0.05) is 38.3 Å². The number of nitrogens with zero attached hydrogens (tertiary/aromatic N) is 1. The van der Waals surface area contributed by atoms with Crippen LogP contribution >= 0.6 is 0 Å². The van der Waals surface area contributed by atoms with Gasteiger partial charge in [0, 0.05) is 23.5 Å². The molecule has 0 fully saturated rings. The Labute approximate surface area is 115 Å². The van der Waals surface area contributed by atoms with Crippen LogP contribution < -0.4 is 5.32 Å². The van der Waals surface area contributed by atoms with E-state index in [0.29, 0.717) is 6.04 Å². The lowest BCUT2D eigenvalue weighted by molar-refractivity contribution is 0.615. The number of hydrogen-bond acceptors (Lipinski definition) is 2. The third kappa shape index (κ3) is 4.12. The van der Waals surface area contributed by atoms with E-state index in [4.69, 9.17) is 0 Å². The molecule has 2 N–H and O–H groups in total. The average Bonchev–Trinajstić information content (AvgIpc) is 2.93. The van der Waals surface area contributed by atoms with Gasteiger partial charge in [0.1, 0.15) is 0 Å². The molecule has 19 heavy (non-hydrogen) atoms. The predicted molar refractivity (Wildman–Crippen MR) is 81.3 cm³/mol. The summed E-state index contributed by atoms with van der Waals surface area (Å²) in [5.74, 6) is 0. The van der Waals surface area contributed by atoms with E-state index in [1.807, 2.05) is 6.07 Å². The molecule has 0 amide bonds. The molecule has 102 valence electrons. The summed E-state index contributed by atoms with van der Waals surface area (Å²) >= 11 is 0. The van der Waals surface area contributed by atoms with Gasteiger partial charge in [-0.05, 0) is 31.5 Å². The van der Waals surface area contributed by atoms with E-state index < -0.39 is 0 Å². The highest BCUT2D eigenvalue weighted by Gasteiger charge is 2.04. The van der Waals surface area contributed by atoms with Gasteiger partial charge >= 0.3 is 0 Å². The van der Waals surface area contributed by atoms with Crippen molar-refractivity contribution in [3.63, 3.8) is 0 Å². The molecule has 2 aromatic rings. The molecule has 0 bridgehead atoms. The number of aromatic amines is 1. The van der Waals surface area contributed by atoms with E-state index in [1.165, 1.54) is 36.9 Å². The van der Waals surface area contributed by atoms with Crippen LogP contribution in [0, 0.1) is 0 Å². The number of aromatic nitrogens is 2. The molecule has 0 saturated heterocycles. The van der Waals surface area contributed by atoms with Crippen molar-refractivity contribution in [3.8, 4) is 11.3 Å². The van der Waals surface area contributed by atoms with Gasteiger partial charge in [0.25, 0.3) is 0 Å². The van der Waals surface area contributed by atoms with Crippen LogP contribution in [0.3, 0.4) is 0 Å². The molecule has 0 radical (unpaired) electrons. The first kappa shape index (κ1) is 13.7. The third-order valence-electron chi connectivity index (χ3n) is 3.33. The fourth-order valence-corrected chi connectivity index (χ4v) is 2.25. The Morgan fingerprint density at radius 3 is 2.89 bits per heavy atom. The maximum absolute atomic E-state index is 3.99. The molecule has 0 aliphatic heterocycles. The van der Waals surface area contributed by atoms with Crippen LogP contribution in [-0.2, 0) is 0 Å². The minimum atomic E-state index is 0.517. The Hall–Kier alpha value is -1.77. The fraction of sp³-hybridized carbons (Fsp3) is 0.438. The molecule has 1 atom stereocenters. The zero-order valence-corrected chi connectivity index (χ0v) is 11.8. The summed E-state index contributed by atoms with van der Waals surface area (Å²) in [6.45, 7) is 4.49. The van der Waals surface area contributed by atoms with Gasteiger partial charge in [-0.2, -0.15) is 5.10 Å². The van der Waals surface area contributed by atoms with Crippen molar-refractivity contribution in [2.45, 2.75) is 45.6 Å². The SMILES string of the molecule is CCCCCC(C)Nc1cccc(-c2ccn[nH]2)c1. The highest BCUT2D eigenvalue weighted by molar-refractivity contribution is 5.64. The van der Waals surface area contributed by atoms with E-state index in [1.54, 1.807) is 6.20 Å². The molecule has 1 aromatic heterocycles. The molecule has 3 heteroatoms. The first-order chi connectivity index (χ1) is 9.29. The summed E-state index contributed by atoms with van der Waals surface area (Å²) < 4.78 is 0.